The molecule has 1 aliphatic rings. The van der Waals surface area contributed by atoms with Crippen molar-refractivity contribution in [2.24, 2.45) is 0 Å². The fourth-order valence-corrected chi connectivity index (χ4v) is 3.29. The number of benzene rings is 3. The van der Waals surface area contributed by atoms with Crippen LogP contribution >= 0.6 is 0 Å². The van der Waals surface area contributed by atoms with Gasteiger partial charge in [-0.2, -0.15) is 0 Å². The van der Waals surface area contributed by atoms with Crippen molar-refractivity contribution >= 4 is 23.0 Å². The van der Waals surface area contributed by atoms with Crippen molar-refractivity contribution < 1.29 is 9.90 Å². The van der Waals surface area contributed by atoms with Gasteiger partial charge < -0.3 is 15.7 Å². The summed E-state index contributed by atoms with van der Waals surface area (Å²) in [7, 11) is 0. The number of nitrogens with one attached hydrogen (secondary N) is 2. The molecule has 1 aliphatic heterocycles. The first-order valence-corrected chi connectivity index (χ1v) is 8.60. The Morgan fingerprint density at radius 3 is 2.38 bits per heavy atom. The van der Waals surface area contributed by atoms with Gasteiger partial charge in [-0.25, -0.2) is 0 Å². The van der Waals surface area contributed by atoms with Gasteiger partial charge in [0.2, 0.25) is 0 Å². The summed E-state index contributed by atoms with van der Waals surface area (Å²) in [6.07, 6.45) is 0.237. The maximum absolute atomic E-state index is 12.5. The Bertz CT molecular complexity index is 952. The highest BCUT2D eigenvalue weighted by molar-refractivity contribution is 6.05. The maximum atomic E-state index is 12.5. The topological polar surface area (TPSA) is 61.4 Å². The zero-order valence-corrected chi connectivity index (χ0v) is 14.5. The fraction of sp³-hybridized carbons (Fsp3) is 0.136. The zero-order chi connectivity index (χ0) is 18.1. The number of anilines is 3. The molecule has 4 rings (SSSR count). The molecule has 1 unspecified atom stereocenters. The second-order valence-corrected chi connectivity index (χ2v) is 6.73. The van der Waals surface area contributed by atoms with E-state index in [9.17, 15) is 9.90 Å². The van der Waals surface area contributed by atoms with E-state index in [1.54, 1.807) is 0 Å². The summed E-state index contributed by atoms with van der Waals surface area (Å²) in [5.41, 5.74) is 3.58. The van der Waals surface area contributed by atoms with Gasteiger partial charge in [-0.3, -0.25) is 4.79 Å². The van der Waals surface area contributed by atoms with E-state index in [4.69, 9.17) is 0 Å². The summed E-state index contributed by atoms with van der Waals surface area (Å²) < 4.78 is 0. The van der Waals surface area contributed by atoms with Crippen LogP contribution in [0.4, 0.5) is 17.1 Å². The van der Waals surface area contributed by atoms with Gasteiger partial charge in [-0.05, 0) is 42.8 Å². The van der Waals surface area contributed by atoms with Crippen LogP contribution in [0, 0.1) is 6.92 Å². The zero-order valence-electron chi connectivity index (χ0n) is 14.5. The number of aryl methyl sites for hydroxylation is 1. The van der Waals surface area contributed by atoms with Gasteiger partial charge in [0.15, 0.2) is 5.60 Å². The third kappa shape index (κ3) is 2.95. The number of rotatable bonds is 4. The summed E-state index contributed by atoms with van der Waals surface area (Å²) in [6.45, 7) is 2.04. The van der Waals surface area contributed by atoms with Gasteiger partial charge in [0.1, 0.15) is 0 Å². The van der Waals surface area contributed by atoms with E-state index in [1.807, 2.05) is 79.7 Å². The Hall–Kier alpha value is -3.11. The summed E-state index contributed by atoms with van der Waals surface area (Å²) >= 11 is 0. The van der Waals surface area contributed by atoms with Crippen LogP contribution < -0.4 is 10.6 Å². The van der Waals surface area contributed by atoms with Crippen LogP contribution in [0.5, 0.6) is 0 Å². The van der Waals surface area contributed by atoms with Gasteiger partial charge in [-0.1, -0.05) is 48.0 Å². The molecule has 130 valence electrons. The van der Waals surface area contributed by atoms with Crippen molar-refractivity contribution in [1.29, 1.82) is 0 Å². The summed E-state index contributed by atoms with van der Waals surface area (Å²) in [5, 5.41) is 17.3. The summed E-state index contributed by atoms with van der Waals surface area (Å²) in [6, 6.07) is 23.2. The van der Waals surface area contributed by atoms with Crippen LogP contribution in [0.1, 0.15) is 16.7 Å². The lowest BCUT2D eigenvalue weighted by Gasteiger charge is -2.21. The average molecular weight is 344 g/mol. The lowest BCUT2D eigenvalue weighted by Crippen LogP contribution is -2.36. The first kappa shape index (κ1) is 16.4. The van der Waals surface area contributed by atoms with E-state index in [-0.39, 0.29) is 12.3 Å². The minimum absolute atomic E-state index is 0.237. The van der Waals surface area contributed by atoms with Gasteiger partial charge in [-0.15, -0.1) is 0 Å². The second-order valence-electron chi connectivity index (χ2n) is 6.73. The van der Waals surface area contributed by atoms with E-state index >= 15 is 0 Å². The third-order valence-corrected chi connectivity index (χ3v) is 4.73. The lowest BCUT2D eigenvalue weighted by molar-refractivity contribution is -0.133. The lowest BCUT2D eigenvalue weighted by atomic mass is 9.88. The number of amides is 1. The van der Waals surface area contributed by atoms with Crippen molar-refractivity contribution in [2.45, 2.75) is 18.9 Å². The average Bonchev–Trinajstić information content (AvgIpc) is 2.88. The molecule has 0 bridgehead atoms. The molecule has 4 heteroatoms. The molecule has 0 radical (unpaired) electrons. The van der Waals surface area contributed by atoms with Gasteiger partial charge in [0.05, 0.1) is 0 Å². The van der Waals surface area contributed by atoms with Crippen LogP contribution in [0.25, 0.3) is 0 Å². The maximum Gasteiger partial charge on any atom is 0.261 e. The van der Waals surface area contributed by atoms with E-state index in [0.717, 1.165) is 16.9 Å². The van der Waals surface area contributed by atoms with Crippen LogP contribution in [0.15, 0.2) is 72.8 Å². The standard InChI is InChI=1S/C22H20N2O2/c1-15-7-9-17(10-8-15)23-18-11-12-20-19(13-18)22(26,21(25)24-20)14-16-5-3-2-4-6-16/h2-13,23,26H,14H2,1H3,(H,24,25). The van der Waals surface area contributed by atoms with Crippen LogP contribution in [-0.2, 0) is 16.8 Å². The first-order valence-electron chi connectivity index (χ1n) is 8.60. The highest BCUT2D eigenvalue weighted by Crippen LogP contribution is 2.40. The molecule has 0 saturated carbocycles. The summed E-state index contributed by atoms with van der Waals surface area (Å²) in [5.74, 6) is -0.385. The molecular weight excluding hydrogens is 324 g/mol. The quantitative estimate of drug-likeness (QED) is 0.667. The predicted molar refractivity (Wildman–Crippen MR) is 104 cm³/mol. The SMILES string of the molecule is Cc1ccc(Nc2ccc3c(c2)C(O)(Cc2ccccc2)C(=O)N3)cc1. The fourth-order valence-electron chi connectivity index (χ4n) is 3.29. The minimum atomic E-state index is -1.57. The van der Waals surface area contributed by atoms with E-state index < -0.39 is 5.60 Å². The molecule has 3 aromatic carbocycles. The molecule has 0 saturated heterocycles. The molecule has 4 nitrogen and oxygen atoms in total. The number of hydrogen-bond acceptors (Lipinski definition) is 3. The molecule has 3 N–H and O–H groups in total. The van der Waals surface area contributed by atoms with E-state index in [2.05, 4.69) is 10.6 Å². The van der Waals surface area contributed by atoms with Gasteiger partial charge >= 0.3 is 0 Å². The number of carbonyl (C=O) groups excluding carboxylic acids is 1. The number of fused-ring (bicyclic) bond motifs is 1. The Labute approximate surface area is 152 Å². The van der Waals surface area contributed by atoms with Crippen molar-refractivity contribution in [3.8, 4) is 0 Å². The van der Waals surface area contributed by atoms with Crippen molar-refractivity contribution in [3.63, 3.8) is 0 Å². The van der Waals surface area contributed by atoms with Crippen LogP contribution in [-0.4, -0.2) is 11.0 Å². The largest absolute Gasteiger partial charge is 0.375 e. The molecule has 3 aromatic rings. The normalized spacial score (nSPS) is 18.3. The first-order chi connectivity index (χ1) is 12.5. The Kier molecular flexibility index (Phi) is 3.98. The van der Waals surface area contributed by atoms with Crippen LogP contribution in [0.2, 0.25) is 0 Å². The molecule has 26 heavy (non-hydrogen) atoms. The highest BCUT2D eigenvalue weighted by Gasteiger charge is 2.45. The van der Waals surface area contributed by atoms with Crippen LogP contribution in [0.3, 0.4) is 0 Å². The second kappa shape index (κ2) is 6.32. The molecular formula is C22H20N2O2. The van der Waals surface area contributed by atoms with E-state index in [1.165, 1.54) is 5.56 Å². The van der Waals surface area contributed by atoms with Crippen molar-refractivity contribution in [2.75, 3.05) is 10.6 Å². The Morgan fingerprint density at radius 2 is 1.65 bits per heavy atom. The number of aliphatic hydroxyl groups is 1. The van der Waals surface area contributed by atoms with E-state index in [0.29, 0.717) is 11.3 Å². The molecule has 0 fully saturated rings. The third-order valence-electron chi connectivity index (χ3n) is 4.73. The Balaban J connectivity index is 1.66. The molecule has 1 heterocycles. The number of hydrogen-bond donors (Lipinski definition) is 3. The molecule has 1 amide bonds. The Morgan fingerprint density at radius 1 is 0.962 bits per heavy atom. The van der Waals surface area contributed by atoms with Crippen molar-refractivity contribution in [1.82, 2.24) is 0 Å². The molecule has 1 atom stereocenters. The molecule has 0 aromatic heterocycles. The molecule has 0 aliphatic carbocycles. The predicted octanol–water partition coefficient (Wildman–Crippen LogP) is 4.12. The minimum Gasteiger partial charge on any atom is -0.375 e. The van der Waals surface area contributed by atoms with Gasteiger partial charge in [0, 0.05) is 29.0 Å². The van der Waals surface area contributed by atoms with Crippen molar-refractivity contribution in [3.05, 3.63) is 89.5 Å². The monoisotopic (exact) mass is 344 g/mol. The summed E-state index contributed by atoms with van der Waals surface area (Å²) in [4.78, 5) is 12.5. The number of carbonyl (C=O) groups is 1. The van der Waals surface area contributed by atoms with Gasteiger partial charge in [0.25, 0.3) is 5.91 Å². The highest BCUT2D eigenvalue weighted by atomic mass is 16.3. The smallest absolute Gasteiger partial charge is 0.261 e. The molecule has 0 spiro atoms.